The fraction of sp³-hybridized carbons (Fsp3) is 0.103. The minimum atomic E-state index is -0.621. The van der Waals surface area contributed by atoms with E-state index in [-0.39, 0.29) is 0 Å². The van der Waals surface area contributed by atoms with Crippen molar-refractivity contribution in [2.45, 2.75) is 44.4 Å². The van der Waals surface area contributed by atoms with Crippen LogP contribution in [0.2, 0.25) is 0 Å². The molecule has 2 heterocycles. The van der Waals surface area contributed by atoms with Crippen LogP contribution in [0.25, 0.3) is 39.5 Å². The Balaban J connectivity index is 0.941. The molecule has 0 saturated heterocycles. The summed E-state index contributed by atoms with van der Waals surface area (Å²) in [6.07, 6.45) is 36.3. The molecule has 7 aromatic carbocycles. The summed E-state index contributed by atoms with van der Waals surface area (Å²) in [4.78, 5) is 4.86. The third-order valence-electron chi connectivity index (χ3n) is 17.5. The summed E-state index contributed by atoms with van der Waals surface area (Å²) in [5.41, 5.74) is 28.9. The number of para-hydroxylation sites is 1. The smallest absolute Gasteiger partial charge is 0.0726 e. The van der Waals surface area contributed by atoms with Crippen molar-refractivity contribution in [3.8, 4) is 22.3 Å². The van der Waals surface area contributed by atoms with Gasteiger partial charge in [0.15, 0.2) is 0 Å². The fourth-order valence-corrected chi connectivity index (χ4v) is 14.0. The molecule has 2 spiro atoms. The zero-order chi connectivity index (χ0) is 54.7. The third-order valence-corrected chi connectivity index (χ3v) is 17.5. The number of rotatable bonds is 11. The van der Waals surface area contributed by atoms with Gasteiger partial charge in [0.25, 0.3) is 0 Å². The van der Waals surface area contributed by atoms with E-state index in [0.717, 1.165) is 64.2 Å². The Hall–Kier alpha value is -9.50. The molecule has 0 radical (unpaired) electrons. The number of hydrogen-bond donors (Lipinski definition) is 0. The van der Waals surface area contributed by atoms with Gasteiger partial charge < -0.3 is 9.80 Å². The standard InChI is InChI=1S/C78H64N2/c1-8-11-14-24-57-39-37-53(5)75(34-13-10-3)80(51-57)60-42-45-66-65-43-40-56(48-72(65)78(74(66)50-60)69-32-20-17-28-63(69)64-29-18-21-33-70(64)78)38-36-52(4)47-71-55(7)62-44-41-59(79-46-23-26-58-25-15-22-35-76(58)79)49-73(62)77(71)67(30-12-9-2)54(6)61-27-16-19-31-68(61)77/h8-22,24-25,27-45,47-51H,2-4,7,23,26,46H2,1,5-6H3/b11-8-,24-14-,30-12-,34-13-,38-36+,71-47+. The van der Waals surface area contributed by atoms with Crippen molar-refractivity contribution in [2.24, 2.45) is 0 Å². The lowest BCUT2D eigenvalue weighted by atomic mass is 9.68. The first-order valence-corrected chi connectivity index (χ1v) is 28.1. The highest BCUT2D eigenvalue weighted by molar-refractivity contribution is 6.01. The number of aryl methyl sites for hydroxylation is 1. The third kappa shape index (κ3) is 7.61. The lowest BCUT2D eigenvalue weighted by Gasteiger charge is -2.34. The van der Waals surface area contributed by atoms with Crippen LogP contribution < -0.4 is 9.80 Å². The summed E-state index contributed by atoms with van der Waals surface area (Å²) >= 11 is 0. The summed E-state index contributed by atoms with van der Waals surface area (Å²) < 4.78 is 0. The second-order valence-corrected chi connectivity index (χ2v) is 21.7. The number of fused-ring (bicyclic) bond motifs is 15. The van der Waals surface area contributed by atoms with E-state index in [0.29, 0.717) is 0 Å². The molecule has 2 aliphatic heterocycles. The largest absolute Gasteiger partial charge is 0.341 e. The molecule has 4 aliphatic carbocycles. The Bertz CT molecular complexity index is 4110. The first-order valence-electron chi connectivity index (χ1n) is 28.1. The van der Waals surface area contributed by atoms with Gasteiger partial charge in [0.1, 0.15) is 0 Å². The zero-order valence-corrected chi connectivity index (χ0v) is 46.0. The van der Waals surface area contributed by atoms with Crippen LogP contribution in [0, 0.1) is 0 Å². The molecule has 2 nitrogen and oxygen atoms in total. The number of allylic oxidation sites excluding steroid dienone is 21. The van der Waals surface area contributed by atoms with Gasteiger partial charge in [-0.25, -0.2) is 0 Å². The molecule has 7 aromatic rings. The maximum Gasteiger partial charge on any atom is 0.0726 e. The number of hydrogen-bond acceptors (Lipinski definition) is 2. The Kier molecular flexibility index (Phi) is 12.5. The van der Waals surface area contributed by atoms with E-state index in [9.17, 15) is 0 Å². The number of nitrogens with zero attached hydrogens (tertiary/aromatic N) is 2. The van der Waals surface area contributed by atoms with Crippen LogP contribution >= 0.6 is 0 Å². The highest BCUT2D eigenvalue weighted by Crippen LogP contribution is 2.65. The topological polar surface area (TPSA) is 6.48 Å². The van der Waals surface area contributed by atoms with Gasteiger partial charge in [-0.2, -0.15) is 0 Å². The predicted molar refractivity (Wildman–Crippen MR) is 341 cm³/mol. The van der Waals surface area contributed by atoms with Crippen LogP contribution in [0.5, 0.6) is 0 Å². The molecule has 6 aliphatic rings. The van der Waals surface area contributed by atoms with Gasteiger partial charge in [-0.15, -0.1) is 0 Å². The molecule has 0 bridgehead atoms. The average Bonchev–Trinajstić information content (AvgIpc) is 4.27. The second-order valence-electron chi connectivity index (χ2n) is 21.7. The molecule has 2 heteroatoms. The van der Waals surface area contributed by atoms with Gasteiger partial charge in [0.2, 0.25) is 0 Å². The Morgan fingerprint density at radius 1 is 0.562 bits per heavy atom. The van der Waals surface area contributed by atoms with E-state index in [1.807, 2.05) is 25.2 Å². The van der Waals surface area contributed by atoms with Gasteiger partial charge in [-0.05, 0) is 193 Å². The lowest BCUT2D eigenvalue weighted by Crippen LogP contribution is -2.28. The first-order chi connectivity index (χ1) is 39.2. The number of anilines is 3. The van der Waals surface area contributed by atoms with Gasteiger partial charge in [-0.1, -0.05) is 227 Å². The van der Waals surface area contributed by atoms with Crippen LogP contribution in [0.1, 0.15) is 82.8 Å². The van der Waals surface area contributed by atoms with Crippen molar-refractivity contribution in [3.05, 3.63) is 358 Å². The van der Waals surface area contributed by atoms with Gasteiger partial charge in [0.05, 0.1) is 10.8 Å². The van der Waals surface area contributed by atoms with E-state index in [2.05, 4.69) is 268 Å². The minimum absolute atomic E-state index is 0.570. The monoisotopic (exact) mass is 1030 g/mol. The van der Waals surface area contributed by atoms with Crippen molar-refractivity contribution >= 4 is 34.3 Å². The van der Waals surface area contributed by atoms with E-state index in [4.69, 9.17) is 13.2 Å². The summed E-state index contributed by atoms with van der Waals surface area (Å²) in [6.45, 7) is 25.4. The van der Waals surface area contributed by atoms with E-state index >= 15 is 0 Å². The van der Waals surface area contributed by atoms with E-state index in [1.54, 1.807) is 0 Å². The highest BCUT2D eigenvalue weighted by atomic mass is 15.1. The normalized spacial score (nSPS) is 18.8. The highest BCUT2D eigenvalue weighted by Gasteiger charge is 2.54. The van der Waals surface area contributed by atoms with Gasteiger partial charge in [-0.3, -0.25) is 0 Å². The van der Waals surface area contributed by atoms with Gasteiger partial charge >= 0.3 is 0 Å². The van der Waals surface area contributed by atoms with Crippen LogP contribution in [-0.4, -0.2) is 6.54 Å². The summed E-state index contributed by atoms with van der Waals surface area (Å²) in [6, 6.07) is 57.2. The van der Waals surface area contributed by atoms with Crippen LogP contribution in [-0.2, 0) is 17.3 Å². The molecule has 0 fully saturated rings. The van der Waals surface area contributed by atoms with Crippen molar-refractivity contribution in [1.29, 1.82) is 0 Å². The zero-order valence-electron chi connectivity index (χ0n) is 46.0. The number of benzene rings is 7. The van der Waals surface area contributed by atoms with Crippen LogP contribution in [0.15, 0.2) is 303 Å². The quantitative estimate of drug-likeness (QED) is 0.119. The molecule has 1 atom stereocenters. The van der Waals surface area contributed by atoms with Crippen molar-refractivity contribution in [1.82, 2.24) is 0 Å². The fourth-order valence-electron chi connectivity index (χ4n) is 14.0. The lowest BCUT2D eigenvalue weighted by molar-refractivity contribution is 0.761. The molecular weight excluding hydrogens is 965 g/mol. The molecule has 1 unspecified atom stereocenters. The Labute approximate surface area is 473 Å². The minimum Gasteiger partial charge on any atom is -0.341 e. The molecular formula is C78H64N2. The molecule has 0 amide bonds. The first kappa shape index (κ1) is 50.0. The molecule has 0 N–H and O–H groups in total. The maximum atomic E-state index is 4.94. The summed E-state index contributed by atoms with van der Waals surface area (Å²) in [5, 5.41) is 0. The Morgan fingerprint density at radius 2 is 1.18 bits per heavy atom. The van der Waals surface area contributed by atoms with Crippen molar-refractivity contribution in [3.63, 3.8) is 0 Å². The second kappa shape index (κ2) is 20.1. The van der Waals surface area contributed by atoms with Gasteiger partial charge in [0, 0.05) is 35.5 Å². The molecule has 0 aromatic heterocycles. The summed E-state index contributed by atoms with van der Waals surface area (Å²) in [7, 11) is 0. The maximum absolute atomic E-state index is 4.94. The Morgan fingerprint density at radius 3 is 1.93 bits per heavy atom. The summed E-state index contributed by atoms with van der Waals surface area (Å²) in [5.74, 6) is 0. The van der Waals surface area contributed by atoms with E-state index < -0.39 is 10.8 Å². The predicted octanol–water partition coefficient (Wildman–Crippen LogP) is 19.6. The van der Waals surface area contributed by atoms with Crippen molar-refractivity contribution < 1.29 is 0 Å². The van der Waals surface area contributed by atoms with E-state index in [1.165, 1.54) is 94.8 Å². The SMILES string of the molecule is C=C/C=C\C1=C(C)C=CC(/C=C\C=C/C)=CN1c1ccc2c(c1)C1(c3ccccc3-c3ccccc31)c1cc(/C=C/C(=C)/C=C3\C(=C)c4ccc(N5CCCc6ccccc65)cc4C34C(/C=C\C=C)=C(C)c3ccccc34)ccc1-2. The van der Waals surface area contributed by atoms with Crippen molar-refractivity contribution in [2.75, 3.05) is 16.3 Å². The van der Waals surface area contributed by atoms with Crippen LogP contribution in [0.3, 0.4) is 0 Å². The molecule has 13 rings (SSSR count). The molecule has 80 heavy (non-hydrogen) atoms. The van der Waals surface area contributed by atoms with Crippen LogP contribution in [0.4, 0.5) is 17.1 Å². The average molecular weight is 1030 g/mol. The molecule has 386 valence electrons. The molecule has 0 saturated carbocycles.